The van der Waals surface area contributed by atoms with E-state index < -0.39 is 0 Å². The van der Waals surface area contributed by atoms with Crippen LogP contribution in [0.4, 0.5) is 5.69 Å². The monoisotopic (exact) mass is 284 g/mol. The van der Waals surface area contributed by atoms with E-state index in [-0.39, 0.29) is 6.61 Å². The zero-order valence-corrected chi connectivity index (χ0v) is 12.6. The zero-order chi connectivity index (χ0) is 14.7. The van der Waals surface area contributed by atoms with Crippen LogP contribution >= 0.6 is 0 Å². The van der Waals surface area contributed by atoms with Crippen LogP contribution in [0, 0.1) is 16.7 Å². The Kier molecular flexibility index (Phi) is 4.17. The van der Waals surface area contributed by atoms with Crippen molar-refractivity contribution >= 4 is 5.69 Å². The standard InChI is InChI=1S/C18H24N2O/c19-13-16-12-15(14-21)4-5-17(16)20-10-8-18(9-11-20)6-2-1-3-7-18/h4-5,12,21H,1-3,6-11,14H2. The van der Waals surface area contributed by atoms with Crippen LogP contribution in [0.3, 0.4) is 0 Å². The minimum atomic E-state index is -0.00191. The molecule has 3 nitrogen and oxygen atoms in total. The number of aliphatic hydroxyl groups excluding tert-OH is 1. The average molecular weight is 284 g/mol. The first-order chi connectivity index (χ1) is 10.3. The third-order valence-electron chi connectivity index (χ3n) is 5.44. The number of aliphatic hydroxyl groups is 1. The summed E-state index contributed by atoms with van der Waals surface area (Å²) in [7, 11) is 0. The summed E-state index contributed by atoms with van der Waals surface area (Å²) in [6, 6.07) is 8.04. The van der Waals surface area contributed by atoms with Gasteiger partial charge in [-0.15, -0.1) is 0 Å². The maximum Gasteiger partial charge on any atom is 0.101 e. The summed E-state index contributed by atoms with van der Waals surface area (Å²) in [5.74, 6) is 0. The largest absolute Gasteiger partial charge is 0.392 e. The maximum atomic E-state index is 9.35. The van der Waals surface area contributed by atoms with Gasteiger partial charge in [0.2, 0.25) is 0 Å². The van der Waals surface area contributed by atoms with Gasteiger partial charge in [0.25, 0.3) is 0 Å². The van der Waals surface area contributed by atoms with Crippen LogP contribution < -0.4 is 4.90 Å². The highest BCUT2D eigenvalue weighted by molar-refractivity contribution is 5.60. The van der Waals surface area contributed by atoms with Crippen LogP contribution in [0.25, 0.3) is 0 Å². The van der Waals surface area contributed by atoms with E-state index in [1.165, 1.54) is 44.9 Å². The molecule has 0 radical (unpaired) electrons. The second-order valence-electron chi connectivity index (χ2n) is 6.67. The van der Waals surface area contributed by atoms with Gasteiger partial charge in [-0.25, -0.2) is 0 Å². The van der Waals surface area contributed by atoms with E-state index in [9.17, 15) is 10.4 Å². The number of hydrogen-bond donors (Lipinski definition) is 1. The average Bonchev–Trinajstić information content (AvgIpc) is 2.56. The molecule has 1 aromatic rings. The molecule has 1 heterocycles. The van der Waals surface area contributed by atoms with Crippen LogP contribution in [-0.4, -0.2) is 18.2 Å². The van der Waals surface area contributed by atoms with Crippen molar-refractivity contribution in [3.8, 4) is 6.07 Å². The molecule has 112 valence electrons. The van der Waals surface area contributed by atoms with E-state index in [4.69, 9.17) is 0 Å². The van der Waals surface area contributed by atoms with Gasteiger partial charge < -0.3 is 10.0 Å². The molecular weight excluding hydrogens is 260 g/mol. The normalized spacial score (nSPS) is 21.2. The Morgan fingerprint density at radius 2 is 1.81 bits per heavy atom. The minimum absolute atomic E-state index is 0.00191. The highest BCUT2D eigenvalue weighted by Gasteiger charge is 2.35. The van der Waals surface area contributed by atoms with Crippen LogP contribution in [0.1, 0.15) is 56.1 Å². The van der Waals surface area contributed by atoms with Crippen LogP contribution in [0.2, 0.25) is 0 Å². The summed E-state index contributed by atoms with van der Waals surface area (Å²) in [6.45, 7) is 2.12. The van der Waals surface area contributed by atoms with Gasteiger partial charge in [0.05, 0.1) is 17.9 Å². The lowest BCUT2D eigenvalue weighted by molar-refractivity contribution is 0.144. The predicted molar refractivity (Wildman–Crippen MR) is 84.0 cm³/mol. The van der Waals surface area contributed by atoms with Crippen molar-refractivity contribution in [1.82, 2.24) is 0 Å². The fraction of sp³-hybridized carbons (Fsp3) is 0.611. The molecule has 2 aliphatic rings. The Labute approximate surface area is 127 Å². The van der Waals surface area contributed by atoms with Gasteiger partial charge >= 0.3 is 0 Å². The molecule has 21 heavy (non-hydrogen) atoms. The van der Waals surface area contributed by atoms with Crippen molar-refractivity contribution < 1.29 is 5.11 Å². The van der Waals surface area contributed by atoms with Crippen molar-refractivity contribution in [2.75, 3.05) is 18.0 Å². The lowest BCUT2D eigenvalue weighted by Gasteiger charge is -2.45. The van der Waals surface area contributed by atoms with Gasteiger partial charge in [0.15, 0.2) is 0 Å². The molecule has 1 aliphatic carbocycles. The van der Waals surface area contributed by atoms with Crippen LogP contribution in [0.5, 0.6) is 0 Å². The van der Waals surface area contributed by atoms with E-state index in [1.54, 1.807) is 0 Å². The van der Waals surface area contributed by atoms with Gasteiger partial charge in [0, 0.05) is 13.1 Å². The first-order valence-electron chi connectivity index (χ1n) is 8.15. The van der Waals surface area contributed by atoms with E-state index in [1.807, 2.05) is 18.2 Å². The number of anilines is 1. The highest BCUT2D eigenvalue weighted by Crippen LogP contribution is 2.45. The summed E-state index contributed by atoms with van der Waals surface area (Å²) in [4.78, 5) is 2.36. The number of hydrogen-bond acceptors (Lipinski definition) is 3. The van der Waals surface area contributed by atoms with Crippen molar-refractivity contribution in [2.45, 2.75) is 51.6 Å². The number of nitrogens with zero attached hydrogens (tertiary/aromatic N) is 2. The molecule has 2 fully saturated rings. The van der Waals surface area contributed by atoms with Gasteiger partial charge in [-0.2, -0.15) is 5.26 Å². The zero-order valence-electron chi connectivity index (χ0n) is 12.6. The summed E-state index contributed by atoms with van der Waals surface area (Å²) in [6.07, 6.45) is 9.53. The number of benzene rings is 1. The van der Waals surface area contributed by atoms with E-state index in [0.29, 0.717) is 11.0 Å². The molecule has 3 heteroatoms. The Balaban J connectivity index is 1.73. The Hall–Kier alpha value is -1.53. The third-order valence-corrected chi connectivity index (χ3v) is 5.44. The smallest absolute Gasteiger partial charge is 0.101 e. The van der Waals surface area contributed by atoms with Crippen molar-refractivity contribution in [2.24, 2.45) is 5.41 Å². The molecule has 0 amide bonds. The van der Waals surface area contributed by atoms with Crippen LogP contribution in [0.15, 0.2) is 18.2 Å². The number of rotatable bonds is 2. The SMILES string of the molecule is N#Cc1cc(CO)ccc1N1CCC2(CCCCC2)CC1. The lowest BCUT2D eigenvalue weighted by atomic mass is 9.68. The number of piperidine rings is 1. The third kappa shape index (κ3) is 2.91. The van der Waals surface area contributed by atoms with E-state index in [0.717, 1.165) is 24.3 Å². The van der Waals surface area contributed by atoms with Gasteiger partial charge in [-0.3, -0.25) is 0 Å². The van der Waals surface area contributed by atoms with Gasteiger partial charge in [-0.1, -0.05) is 25.3 Å². The quantitative estimate of drug-likeness (QED) is 0.902. The van der Waals surface area contributed by atoms with Gasteiger partial charge in [0.1, 0.15) is 6.07 Å². The molecule has 0 aromatic heterocycles. The van der Waals surface area contributed by atoms with Gasteiger partial charge in [-0.05, 0) is 48.8 Å². The predicted octanol–water partition coefficient (Wildman–Crippen LogP) is 3.60. The first-order valence-corrected chi connectivity index (χ1v) is 8.15. The van der Waals surface area contributed by atoms with Crippen LogP contribution in [-0.2, 0) is 6.61 Å². The van der Waals surface area contributed by atoms with Crippen molar-refractivity contribution in [3.05, 3.63) is 29.3 Å². The number of nitriles is 1. The second-order valence-corrected chi connectivity index (χ2v) is 6.67. The maximum absolute atomic E-state index is 9.35. The molecule has 3 rings (SSSR count). The molecule has 1 N–H and O–H groups in total. The summed E-state index contributed by atoms with van der Waals surface area (Å²) in [5.41, 5.74) is 3.14. The summed E-state index contributed by atoms with van der Waals surface area (Å²) in [5, 5.41) is 18.6. The van der Waals surface area contributed by atoms with Crippen molar-refractivity contribution in [3.63, 3.8) is 0 Å². The fourth-order valence-corrected chi connectivity index (χ4v) is 4.07. The minimum Gasteiger partial charge on any atom is -0.392 e. The molecule has 0 unspecified atom stereocenters. The molecule has 1 saturated heterocycles. The van der Waals surface area contributed by atoms with Crippen molar-refractivity contribution in [1.29, 1.82) is 5.26 Å². The molecule has 1 spiro atoms. The molecule has 0 atom stereocenters. The van der Waals surface area contributed by atoms with E-state index >= 15 is 0 Å². The first kappa shape index (κ1) is 14.4. The summed E-state index contributed by atoms with van der Waals surface area (Å²) >= 11 is 0. The Bertz CT molecular complexity index is 531. The summed E-state index contributed by atoms with van der Waals surface area (Å²) < 4.78 is 0. The highest BCUT2D eigenvalue weighted by atomic mass is 16.3. The molecule has 0 bridgehead atoms. The molecule has 1 aliphatic heterocycles. The topological polar surface area (TPSA) is 47.3 Å². The Morgan fingerprint density at radius 3 is 2.43 bits per heavy atom. The van der Waals surface area contributed by atoms with E-state index in [2.05, 4.69) is 11.0 Å². The lowest BCUT2D eigenvalue weighted by Crippen LogP contribution is -2.41. The second kappa shape index (κ2) is 6.07. The Morgan fingerprint density at radius 1 is 1.10 bits per heavy atom. The molecule has 1 aromatic carbocycles. The molecule has 1 saturated carbocycles. The fourth-order valence-electron chi connectivity index (χ4n) is 4.07. The molecular formula is C18H24N2O.